The maximum absolute atomic E-state index is 12.2. The number of nitrogens with two attached hydrogens (primary N) is 1. The normalized spacial score (nSPS) is 16.5. The highest BCUT2D eigenvalue weighted by molar-refractivity contribution is 7.10. The van der Waals surface area contributed by atoms with Crippen LogP contribution in [0.1, 0.15) is 56.1 Å². The fourth-order valence-electron chi connectivity index (χ4n) is 4.79. The highest BCUT2D eigenvalue weighted by Gasteiger charge is 2.17. The van der Waals surface area contributed by atoms with Gasteiger partial charge in [-0.05, 0) is 74.9 Å². The SMILES string of the molecule is Cc1cn2c(C(C)/C=N\N(C)CC=O)cnc2c(Nc2cc(CN3CCCC(C)CC3)ns2)n1.Nc1cccc(F)c1F. The van der Waals surface area contributed by atoms with Crippen molar-refractivity contribution < 1.29 is 13.6 Å². The Hall–Kier alpha value is -3.97. The predicted octanol–water partition coefficient (Wildman–Crippen LogP) is 5.63. The number of carbonyl (C=O) groups excluding carboxylic acids is 1. The van der Waals surface area contributed by atoms with Crippen LogP contribution in [-0.2, 0) is 11.3 Å². The van der Waals surface area contributed by atoms with Crippen LogP contribution in [0.15, 0.2) is 41.8 Å². The molecule has 5 rings (SSSR count). The molecule has 4 aromatic rings. The van der Waals surface area contributed by atoms with Crippen LogP contribution >= 0.6 is 11.5 Å². The second-order valence-corrected chi connectivity index (χ2v) is 11.7. The van der Waals surface area contributed by atoms with E-state index in [0.29, 0.717) is 5.82 Å². The minimum Gasteiger partial charge on any atom is -0.396 e. The van der Waals surface area contributed by atoms with Gasteiger partial charge in [-0.25, -0.2) is 18.7 Å². The Morgan fingerprint density at radius 3 is 2.86 bits per heavy atom. The number of benzene rings is 1. The number of nitrogen functional groups attached to an aromatic ring is 1. The summed E-state index contributed by atoms with van der Waals surface area (Å²) < 4.78 is 31.1. The third-order valence-electron chi connectivity index (χ3n) is 7.21. The van der Waals surface area contributed by atoms with E-state index < -0.39 is 11.6 Å². The van der Waals surface area contributed by atoms with Gasteiger partial charge >= 0.3 is 0 Å². The van der Waals surface area contributed by atoms with Crippen molar-refractivity contribution in [2.75, 3.05) is 37.7 Å². The van der Waals surface area contributed by atoms with Crippen LogP contribution in [0, 0.1) is 24.5 Å². The van der Waals surface area contributed by atoms with Crippen molar-refractivity contribution in [3.8, 4) is 0 Å². The largest absolute Gasteiger partial charge is 0.396 e. The summed E-state index contributed by atoms with van der Waals surface area (Å²) in [6.45, 7) is 9.84. The van der Waals surface area contributed by atoms with Gasteiger partial charge in [0.05, 0.1) is 29.3 Å². The average molecular weight is 612 g/mol. The number of nitrogens with one attached hydrogen (secondary N) is 1. The number of aryl methyl sites for hydroxylation is 1. The summed E-state index contributed by atoms with van der Waals surface area (Å²) in [7, 11) is 1.78. The molecule has 13 heteroatoms. The molecule has 0 amide bonds. The lowest BCUT2D eigenvalue weighted by atomic mass is 10.0. The third kappa shape index (κ3) is 8.77. The number of imidazole rings is 1. The molecule has 0 saturated carbocycles. The zero-order chi connectivity index (χ0) is 30.9. The highest BCUT2D eigenvalue weighted by atomic mass is 32.1. The monoisotopic (exact) mass is 611 g/mol. The van der Waals surface area contributed by atoms with Crippen molar-refractivity contribution >= 4 is 46.2 Å². The Morgan fingerprint density at radius 2 is 2.12 bits per heavy atom. The Balaban J connectivity index is 0.000000403. The molecule has 230 valence electrons. The summed E-state index contributed by atoms with van der Waals surface area (Å²) >= 11 is 1.46. The molecule has 10 nitrogen and oxygen atoms in total. The quantitative estimate of drug-likeness (QED) is 0.108. The van der Waals surface area contributed by atoms with Crippen LogP contribution in [0.2, 0.25) is 0 Å². The molecule has 2 atom stereocenters. The van der Waals surface area contributed by atoms with Crippen molar-refractivity contribution in [1.82, 2.24) is 28.7 Å². The molecule has 1 fully saturated rings. The first-order valence-electron chi connectivity index (χ1n) is 14.3. The number of nitrogens with zero attached hydrogens (tertiary/aromatic N) is 7. The second-order valence-electron chi connectivity index (χ2n) is 10.9. The molecule has 4 heterocycles. The molecule has 43 heavy (non-hydrogen) atoms. The minimum atomic E-state index is -0.975. The average Bonchev–Trinajstić information content (AvgIpc) is 3.54. The number of rotatable bonds is 9. The van der Waals surface area contributed by atoms with E-state index in [1.54, 1.807) is 12.1 Å². The van der Waals surface area contributed by atoms with Crippen molar-refractivity contribution in [2.24, 2.45) is 11.0 Å². The zero-order valence-electron chi connectivity index (χ0n) is 25.0. The van der Waals surface area contributed by atoms with Crippen LogP contribution in [0.4, 0.5) is 25.3 Å². The van der Waals surface area contributed by atoms with E-state index >= 15 is 0 Å². The topological polar surface area (TPSA) is 117 Å². The third-order valence-corrected chi connectivity index (χ3v) is 7.95. The van der Waals surface area contributed by atoms with Gasteiger partial charge < -0.3 is 15.8 Å². The van der Waals surface area contributed by atoms with Gasteiger partial charge in [0.1, 0.15) is 11.3 Å². The molecule has 3 aromatic heterocycles. The van der Waals surface area contributed by atoms with Crippen LogP contribution in [0.25, 0.3) is 5.65 Å². The van der Waals surface area contributed by atoms with E-state index in [1.165, 1.54) is 42.9 Å². The molecular formula is C30H39F2N9OS. The zero-order valence-corrected chi connectivity index (χ0v) is 25.8. The van der Waals surface area contributed by atoms with Gasteiger partial charge in [-0.1, -0.05) is 19.9 Å². The van der Waals surface area contributed by atoms with E-state index in [-0.39, 0.29) is 18.2 Å². The lowest BCUT2D eigenvalue weighted by molar-refractivity contribution is -0.108. The molecule has 0 radical (unpaired) electrons. The smallest absolute Gasteiger partial charge is 0.181 e. The number of aromatic nitrogens is 4. The molecule has 3 N–H and O–H groups in total. The number of anilines is 3. The van der Waals surface area contributed by atoms with E-state index in [2.05, 4.69) is 49.0 Å². The van der Waals surface area contributed by atoms with Gasteiger partial charge in [0.15, 0.2) is 23.1 Å². The Kier molecular flexibility index (Phi) is 11.1. The summed E-state index contributed by atoms with van der Waals surface area (Å²) in [5.74, 6) is -0.331. The first-order valence-corrected chi connectivity index (χ1v) is 15.1. The molecule has 0 bridgehead atoms. The summed E-state index contributed by atoms with van der Waals surface area (Å²) in [6.07, 6.45) is 10.4. The maximum Gasteiger partial charge on any atom is 0.181 e. The number of hydrogen-bond acceptors (Lipinski definition) is 10. The van der Waals surface area contributed by atoms with Crippen LogP contribution in [0.3, 0.4) is 0 Å². The Bertz CT molecular complexity index is 1520. The first-order chi connectivity index (χ1) is 20.6. The second kappa shape index (κ2) is 15.0. The lowest BCUT2D eigenvalue weighted by Crippen LogP contribution is -2.24. The first kappa shape index (κ1) is 32.0. The summed E-state index contributed by atoms with van der Waals surface area (Å²) in [5, 5.41) is 10.4. The number of likely N-dealkylation sites (N-methyl/N-ethyl adjacent to an activating group) is 1. The van der Waals surface area contributed by atoms with Crippen molar-refractivity contribution in [3.05, 3.63) is 65.4 Å². The van der Waals surface area contributed by atoms with Gasteiger partial charge in [-0.2, -0.15) is 9.47 Å². The van der Waals surface area contributed by atoms with Crippen LogP contribution in [-0.4, -0.2) is 67.8 Å². The van der Waals surface area contributed by atoms with E-state index in [0.717, 1.165) is 65.6 Å². The molecular weight excluding hydrogens is 572 g/mol. The molecule has 1 saturated heterocycles. The van der Waals surface area contributed by atoms with Crippen LogP contribution < -0.4 is 11.1 Å². The Labute approximate surface area is 254 Å². The van der Waals surface area contributed by atoms with Gasteiger partial charge in [0, 0.05) is 38.1 Å². The molecule has 1 aliphatic heterocycles. The molecule has 1 aromatic carbocycles. The summed E-state index contributed by atoms with van der Waals surface area (Å²) in [6, 6.07) is 5.80. The number of carbonyl (C=O) groups is 1. The number of fused-ring (bicyclic) bond motifs is 1. The fraction of sp³-hybridized carbons (Fsp3) is 0.433. The number of likely N-dealkylation sites (tertiary alicyclic amines) is 1. The molecule has 1 aliphatic rings. The van der Waals surface area contributed by atoms with Crippen LogP contribution in [0.5, 0.6) is 0 Å². The number of hydrogen-bond donors (Lipinski definition) is 2. The number of aldehydes is 1. The fourth-order valence-corrected chi connectivity index (χ4v) is 5.44. The van der Waals surface area contributed by atoms with Crippen molar-refractivity contribution in [1.29, 1.82) is 0 Å². The summed E-state index contributed by atoms with van der Waals surface area (Å²) in [4.78, 5) is 22.5. The minimum absolute atomic E-state index is 0.0186. The number of halogens is 2. The molecule has 0 aliphatic carbocycles. The maximum atomic E-state index is 12.2. The van der Waals surface area contributed by atoms with Gasteiger partial charge in [0.2, 0.25) is 0 Å². The van der Waals surface area contributed by atoms with E-state index in [4.69, 9.17) is 10.7 Å². The van der Waals surface area contributed by atoms with Gasteiger partial charge in [-0.3, -0.25) is 14.3 Å². The van der Waals surface area contributed by atoms with Crippen molar-refractivity contribution in [2.45, 2.75) is 52.5 Å². The van der Waals surface area contributed by atoms with E-state index in [1.807, 2.05) is 25.5 Å². The van der Waals surface area contributed by atoms with Gasteiger partial charge in [0.25, 0.3) is 0 Å². The lowest BCUT2D eigenvalue weighted by Gasteiger charge is -2.18. The predicted molar refractivity (Wildman–Crippen MR) is 168 cm³/mol. The molecule has 0 spiro atoms. The Morgan fingerprint density at radius 1 is 1.30 bits per heavy atom. The highest BCUT2D eigenvalue weighted by Crippen LogP contribution is 2.27. The van der Waals surface area contributed by atoms with Crippen molar-refractivity contribution in [3.63, 3.8) is 0 Å². The summed E-state index contributed by atoms with van der Waals surface area (Å²) in [5.41, 5.74) is 8.60. The van der Waals surface area contributed by atoms with Gasteiger partial charge in [-0.15, -0.1) is 0 Å². The van der Waals surface area contributed by atoms with E-state index in [9.17, 15) is 13.6 Å². The number of hydrazone groups is 1. The molecule has 2 unspecified atom stereocenters. The standard InChI is InChI=1S/C24H34N8OS.C6H5F2N/c1-17-6-5-8-31(9-7-17)16-20-12-22(34-29-20)28-23-24-25-14-21(32(24)15-19(3)27-23)18(2)13-26-30(4)10-11-33;7-4-2-1-3-5(9)6(4)8/h11-15,17-18H,5-10,16H2,1-4H3,(H,27,28);1-3H,9H2/b26-13-;.